The molecule has 0 radical (unpaired) electrons. The Kier molecular flexibility index (Phi) is 3.43. The number of benzene rings is 1. The first-order chi connectivity index (χ1) is 8.07. The topological polar surface area (TPSA) is 17.8 Å². The van der Waals surface area contributed by atoms with E-state index in [1.54, 1.807) is 0 Å². The standard InChI is InChI=1S/C14H19ClN2/c1-4-14(2,3)10-17-12-8-6-5-7-11(12)16-13(17)9-15/h5-8H,4,9-10H2,1-3H3. The molecule has 3 heteroatoms. The molecule has 0 spiro atoms. The Morgan fingerprint density at radius 3 is 2.65 bits per heavy atom. The second kappa shape index (κ2) is 4.69. The summed E-state index contributed by atoms with van der Waals surface area (Å²) in [4.78, 5) is 4.58. The normalized spacial score (nSPS) is 12.2. The number of para-hydroxylation sites is 2. The zero-order valence-electron chi connectivity index (χ0n) is 10.7. The summed E-state index contributed by atoms with van der Waals surface area (Å²) in [7, 11) is 0. The van der Waals surface area contributed by atoms with Gasteiger partial charge in [0.25, 0.3) is 0 Å². The van der Waals surface area contributed by atoms with E-state index in [-0.39, 0.29) is 5.41 Å². The first-order valence-electron chi connectivity index (χ1n) is 6.07. The molecule has 0 amide bonds. The van der Waals surface area contributed by atoms with E-state index in [4.69, 9.17) is 11.6 Å². The van der Waals surface area contributed by atoms with E-state index in [0.717, 1.165) is 24.3 Å². The van der Waals surface area contributed by atoms with Crippen LogP contribution in [0.2, 0.25) is 0 Å². The van der Waals surface area contributed by atoms with Crippen LogP contribution in [0.25, 0.3) is 11.0 Å². The number of fused-ring (bicyclic) bond motifs is 1. The molecule has 0 atom stereocenters. The molecule has 1 aromatic heterocycles. The van der Waals surface area contributed by atoms with E-state index < -0.39 is 0 Å². The molecular formula is C14H19ClN2. The summed E-state index contributed by atoms with van der Waals surface area (Å²) in [6.07, 6.45) is 1.14. The second-order valence-corrected chi connectivity index (χ2v) is 5.52. The molecular weight excluding hydrogens is 232 g/mol. The highest BCUT2D eigenvalue weighted by Gasteiger charge is 2.19. The first-order valence-corrected chi connectivity index (χ1v) is 6.61. The maximum absolute atomic E-state index is 5.99. The summed E-state index contributed by atoms with van der Waals surface area (Å²) < 4.78 is 2.26. The van der Waals surface area contributed by atoms with E-state index in [1.165, 1.54) is 5.52 Å². The highest BCUT2D eigenvalue weighted by Crippen LogP contribution is 2.26. The molecule has 2 aromatic rings. The summed E-state index contributed by atoms with van der Waals surface area (Å²) in [5.74, 6) is 1.43. The number of halogens is 1. The third kappa shape index (κ3) is 2.47. The Labute approximate surface area is 108 Å². The van der Waals surface area contributed by atoms with Crippen LogP contribution < -0.4 is 0 Å². The van der Waals surface area contributed by atoms with E-state index in [0.29, 0.717) is 5.88 Å². The first kappa shape index (κ1) is 12.4. The van der Waals surface area contributed by atoms with Crippen molar-refractivity contribution < 1.29 is 0 Å². The van der Waals surface area contributed by atoms with Gasteiger partial charge in [-0.05, 0) is 24.0 Å². The van der Waals surface area contributed by atoms with Gasteiger partial charge in [-0.1, -0.05) is 32.9 Å². The summed E-state index contributed by atoms with van der Waals surface area (Å²) >= 11 is 5.99. The van der Waals surface area contributed by atoms with Crippen molar-refractivity contribution in [3.63, 3.8) is 0 Å². The summed E-state index contributed by atoms with van der Waals surface area (Å²) in [6, 6.07) is 8.23. The third-order valence-electron chi connectivity index (χ3n) is 3.40. The molecule has 1 aromatic carbocycles. The number of imidazole rings is 1. The zero-order chi connectivity index (χ0) is 12.5. The molecule has 0 aliphatic heterocycles. The molecule has 0 saturated carbocycles. The van der Waals surface area contributed by atoms with Crippen LogP contribution in [-0.2, 0) is 12.4 Å². The fraction of sp³-hybridized carbons (Fsp3) is 0.500. The van der Waals surface area contributed by atoms with Crippen LogP contribution in [0.1, 0.15) is 33.0 Å². The molecule has 92 valence electrons. The molecule has 0 aliphatic carbocycles. The SMILES string of the molecule is CCC(C)(C)Cn1c(CCl)nc2ccccc21. The molecule has 0 aliphatic rings. The molecule has 0 bridgehead atoms. The average molecular weight is 251 g/mol. The fourth-order valence-electron chi connectivity index (χ4n) is 1.94. The molecule has 0 N–H and O–H groups in total. The van der Waals surface area contributed by atoms with Gasteiger partial charge >= 0.3 is 0 Å². The van der Waals surface area contributed by atoms with E-state index in [1.807, 2.05) is 12.1 Å². The van der Waals surface area contributed by atoms with Gasteiger partial charge in [0.1, 0.15) is 5.82 Å². The maximum Gasteiger partial charge on any atom is 0.124 e. The van der Waals surface area contributed by atoms with Crippen LogP contribution in [0.4, 0.5) is 0 Å². The lowest BCUT2D eigenvalue weighted by molar-refractivity contribution is 0.295. The van der Waals surface area contributed by atoms with Crippen molar-refractivity contribution in [1.82, 2.24) is 9.55 Å². The monoisotopic (exact) mass is 250 g/mol. The van der Waals surface area contributed by atoms with Crippen molar-refractivity contribution >= 4 is 22.6 Å². The number of nitrogens with zero attached hydrogens (tertiary/aromatic N) is 2. The maximum atomic E-state index is 5.99. The largest absolute Gasteiger partial charge is 0.326 e. The Hall–Kier alpha value is -1.02. The highest BCUT2D eigenvalue weighted by molar-refractivity contribution is 6.16. The van der Waals surface area contributed by atoms with Crippen LogP contribution in [0, 0.1) is 5.41 Å². The number of alkyl halides is 1. The minimum atomic E-state index is 0.268. The van der Waals surface area contributed by atoms with Crippen molar-refractivity contribution in [2.75, 3.05) is 0 Å². The lowest BCUT2D eigenvalue weighted by Crippen LogP contribution is -2.19. The smallest absolute Gasteiger partial charge is 0.124 e. The molecule has 0 unspecified atom stereocenters. The lowest BCUT2D eigenvalue weighted by Gasteiger charge is -2.24. The van der Waals surface area contributed by atoms with Crippen molar-refractivity contribution in [3.8, 4) is 0 Å². The number of aromatic nitrogens is 2. The van der Waals surface area contributed by atoms with Gasteiger partial charge in [0.15, 0.2) is 0 Å². The van der Waals surface area contributed by atoms with Crippen LogP contribution >= 0.6 is 11.6 Å². The molecule has 0 saturated heterocycles. The Morgan fingerprint density at radius 2 is 2.00 bits per heavy atom. The van der Waals surface area contributed by atoms with E-state index in [2.05, 4.69) is 42.5 Å². The van der Waals surface area contributed by atoms with Gasteiger partial charge in [-0.25, -0.2) is 4.98 Å². The number of hydrogen-bond donors (Lipinski definition) is 0. The summed E-state index contributed by atoms with van der Waals surface area (Å²) in [5, 5.41) is 0. The molecule has 2 nitrogen and oxygen atoms in total. The molecule has 2 rings (SSSR count). The number of hydrogen-bond acceptors (Lipinski definition) is 1. The van der Waals surface area contributed by atoms with Gasteiger partial charge in [0.2, 0.25) is 0 Å². The van der Waals surface area contributed by atoms with Gasteiger partial charge in [-0.15, -0.1) is 11.6 Å². The van der Waals surface area contributed by atoms with Crippen LogP contribution in [0.15, 0.2) is 24.3 Å². The van der Waals surface area contributed by atoms with E-state index >= 15 is 0 Å². The Bertz CT molecular complexity index is 514. The van der Waals surface area contributed by atoms with Gasteiger partial charge in [-0.3, -0.25) is 0 Å². The van der Waals surface area contributed by atoms with Crippen molar-refractivity contribution in [3.05, 3.63) is 30.1 Å². The molecule has 1 heterocycles. The lowest BCUT2D eigenvalue weighted by atomic mass is 9.90. The van der Waals surface area contributed by atoms with Crippen LogP contribution in [0.5, 0.6) is 0 Å². The van der Waals surface area contributed by atoms with Gasteiger partial charge in [0, 0.05) is 6.54 Å². The molecule has 0 fully saturated rings. The predicted molar refractivity (Wildman–Crippen MR) is 73.4 cm³/mol. The van der Waals surface area contributed by atoms with Gasteiger partial charge in [-0.2, -0.15) is 0 Å². The second-order valence-electron chi connectivity index (χ2n) is 5.25. The highest BCUT2D eigenvalue weighted by atomic mass is 35.5. The van der Waals surface area contributed by atoms with Crippen LogP contribution in [-0.4, -0.2) is 9.55 Å². The zero-order valence-corrected chi connectivity index (χ0v) is 11.5. The number of rotatable bonds is 4. The Morgan fingerprint density at radius 1 is 1.29 bits per heavy atom. The van der Waals surface area contributed by atoms with Gasteiger partial charge in [0.05, 0.1) is 16.9 Å². The third-order valence-corrected chi connectivity index (χ3v) is 3.64. The van der Waals surface area contributed by atoms with Crippen molar-refractivity contribution in [1.29, 1.82) is 0 Å². The molecule has 17 heavy (non-hydrogen) atoms. The minimum absolute atomic E-state index is 0.268. The minimum Gasteiger partial charge on any atom is -0.326 e. The average Bonchev–Trinajstić information content (AvgIpc) is 2.67. The van der Waals surface area contributed by atoms with Crippen molar-refractivity contribution in [2.24, 2.45) is 5.41 Å². The van der Waals surface area contributed by atoms with Crippen LogP contribution in [0.3, 0.4) is 0 Å². The summed E-state index contributed by atoms with van der Waals surface area (Å²) in [5.41, 5.74) is 2.49. The van der Waals surface area contributed by atoms with Crippen molar-refractivity contribution in [2.45, 2.75) is 39.6 Å². The quantitative estimate of drug-likeness (QED) is 0.744. The van der Waals surface area contributed by atoms with E-state index in [9.17, 15) is 0 Å². The van der Waals surface area contributed by atoms with Gasteiger partial charge < -0.3 is 4.57 Å². The summed E-state index contributed by atoms with van der Waals surface area (Å²) in [6.45, 7) is 7.74. The predicted octanol–water partition coefficient (Wildman–Crippen LogP) is 4.21. The Balaban J connectivity index is 2.50. The fourth-order valence-corrected chi connectivity index (χ4v) is 2.15.